The Hall–Kier alpha value is -3.81. The van der Waals surface area contributed by atoms with Gasteiger partial charge in [-0.05, 0) is 56.5 Å². The van der Waals surface area contributed by atoms with Crippen molar-refractivity contribution in [2.24, 2.45) is 0 Å². The molecule has 0 saturated heterocycles. The largest absolute Gasteiger partial charge is 0.459 e. The molecule has 2 aromatic rings. The highest BCUT2D eigenvalue weighted by atomic mass is 16.5. The van der Waals surface area contributed by atoms with E-state index < -0.39 is 12.0 Å². The van der Waals surface area contributed by atoms with Crippen LogP contribution >= 0.6 is 0 Å². The zero-order valence-electron chi connectivity index (χ0n) is 19.6. The fourth-order valence-corrected chi connectivity index (χ4v) is 3.66. The quantitative estimate of drug-likeness (QED) is 0.550. The SMILES string of the molecule is CCc1ccccc1NC(=O)Nc1cccc([C@@H]2NC(=O)N(C)C(C)=C2C(=O)OC(C)C)c1. The first-order valence-electron chi connectivity index (χ1n) is 10.9. The molecule has 3 rings (SSSR count). The van der Waals surface area contributed by atoms with Gasteiger partial charge in [-0.2, -0.15) is 0 Å². The zero-order chi connectivity index (χ0) is 24.1. The molecule has 2 aromatic carbocycles. The monoisotopic (exact) mass is 450 g/mol. The Kier molecular flexibility index (Phi) is 7.37. The molecule has 4 amide bonds. The summed E-state index contributed by atoms with van der Waals surface area (Å²) in [6.07, 6.45) is 0.493. The number of rotatable bonds is 6. The maximum atomic E-state index is 12.8. The average molecular weight is 451 g/mol. The highest BCUT2D eigenvalue weighted by Crippen LogP contribution is 2.32. The number of urea groups is 2. The number of amides is 4. The molecule has 3 N–H and O–H groups in total. The molecule has 8 heteroatoms. The first-order chi connectivity index (χ1) is 15.7. The summed E-state index contributed by atoms with van der Waals surface area (Å²) in [6.45, 7) is 7.28. The van der Waals surface area contributed by atoms with Gasteiger partial charge in [-0.25, -0.2) is 14.4 Å². The van der Waals surface area contributed by atoms with Crippen LogP contribution in [-0.2, 0) is 16.0 Å². The number of aryl methyl sites for hydroxylation is 1. The predicted molar refractivity (Wildman–Crippen MR) is 128 cm³/mol. The first-order valence-corrected chi connectivity index (χ1v) is 10.9. The minimum Gasteiger partial charge on any atom is -0.459 e. The van der Waals surface area contributed by atoms with E-state index in [1.807, 2.05) is 31.2 Å². The molecular weight excluding hydrogens is 420 g/mol. The number of hydrogen-bond acceptors (Lipinski definition) is 4. The molecule has 1 atom stereocenters. The van der Waals surface area contributed by atoms with Crippen LogP contribution in [0.3, 0.4) is 0 Å². The molecule has 0 aliphatic carbocycles. The van der Waals surface area contributed by atoms with Crippen LogP contribution in [0.5, 0.6) is 0 Å². The molecule has 0 unspecified atom stereocenters. The number of ether oxygens (including phenoxy) is 1. The smallest absolute Gasteiger partial charge is 0.338 e. The van der Waals surface area contributed by atoms with Crippen molar-refractivity contribution in [3.63, 3.8) is 0 Å². The topological polar surface area (TPSA) is 99.8 Å². The van der Waals surface area contributed by atoms with Crippen LogP contribution in [-0.4, -0.2) is 36.1 Å². The van der Waals surface area contributed by atoms with Gasteiger partial charge in [-0.3, -0.25) is 0 Å². The third kappa shape index (κ3) is 5.52. The van der Waals surface area contributed by atoms with Crippen molar-refractivity contribution in [2.45, 2.75) is 46.3 Å². The number of allylic oxidation sites excluding steroid dienone is 1. The lowest BCUT2D eigenvalue weighted by molar-refractivity contribution is -0.143. The molecule has 0 fully saturated rings. The van der Waals surface area contributed by atoms with E-state index in [1.165, 1.54) is 4.90 Å². The van der Waals surface area contributed by atoms with Gasteiger partial charge in [0.15, 0.2) is 0 Å². The number of carbonyl (C=O) groups is 3. The summed E-state index contributed by atoms with van der Waals surface area (Å²) in [6, 6.07) is 13.2. The molecule has 0 saturated carbocycles. The number of anilines is 2. The van der Waals surface area contributed by atoms with Crippen molar-refractivity contribution in [2.75, 3.05) is 17.7 Å². The second kappa shape index (κ2) is 10.2. The Bertz CT molecular complexity index is 1090. The molecule has 0 bridgehead atoms. The van der Waals surface area contributed by atoms with E-state index in [0.717, 1.165) is 17.7 Å². The van der Waals surface area contributed by atoms with E-state index in [4.69, 9.17) is 4.74 Å². The summed E-state index contributed by atoms with van der Waals surface area (Å²) in [7, 11) is 1.60. The molecule has 0 radical (unpaired) electrons. The van der Waals surface area contributed by atoms with E-state index in [-0.39, 0.29) is 18.2 Å². The molecule has 8 nitrogen and oxygen atoms in total. The predicted octanol–water partition coefficient (Wildman–Crippen LogP) is 4.81. The lowest BCUT2D eigenvalue weighted by Crippen LogP contribution is -2.46. The summed E-state index contributed by atoms with van der Waals surface area (Å²) < 4.78 is 5.42. The third-order valence-corrected chi connectivity index (χ3v) is 5.44. The first kappa shape index (κ1) is 23.8. The standard InChI is InChI=1S/C25H30N4O4/c1-6-17-10-7-8-13-20(17)27-24(31)26-19-12-9-11-18(14-19)22-21(23(30)33-15(2)3)16(4)29(5)25(32)28-22/h7-15,22H,6H2,1-5H3,(H,28,32)(H2,26,27,31)/t22-/m0/s1. The van der Waals surface area contributed by atoms with E-state index in [2.05, 4.69) is 16.0 Å². The molecule has 0 aromatic heterocycles. The molecular formula is C25H30N4O4. The van der Waals surface area contributed by atoms with Crippen molar-refractivity contribution in [1.29, 1.82) is 0 Å². The average Bonchev–Trinajstić information content (AvgIpc) is 2.77. The van der Waals surface area contributed by atoms with Gasteiger partial charge < -0.3 is 25.6 Å². The van der Waals surface area contributed by atoms with E-state index in [9.17, 15) is 14.4 Å². The Morgan fingerprint density at radius 2 is 1.85 bits per heavy atom. The molecule has 1 heterocycles. The molecule has 1 aliphatic heterocycles. The minimum atomic E-state index is -0.703. The maximum absolute atomic E-state index is 12.8. The van der Waals surface area contributed by atoms with Gasteiger partial charge in [0.1, 0.15) is 0 Å². The highest BCUT2D eigenvalue weighted by molar-refractivity contribution is 6.00. The van der Waals surface area contributed by atoms with Gasteiger partial charge in [-0.1, -0.05) is 37.3 Å². The van der Waals surface area contributed by atoms with Crippen LogP contribution in [0, 0.1) is 0 Å². The normalized spacial score (nSPS) is 15.9. The fraction of sp³-hybridized carbons (Fsp3) is 0.320. The van der Waals surface area contributed by atoms with Crippen LogP contribution < -0.4 is 16.0 Å². The second-order valence-electron chi connectivity index (χ2n) is 8.11. The summed E-state index contributed by atoms with van der Waals surface area (Å²) in [5.74, 6) is -0.494. The molecule has 174 valence electrons. The van der Waals surface area contributed by atoms with Gasteiger partial charge in [0.25, 0.3) is 0 Å². The second-order valence-corrected chi connectivity index (χ2v) is 8.11. The van der Waals surface area contributed by atoms with Crippen molar-refractivity contribution >= 4 is 29.4 Å². The summed E-state index contributed by atoms with van der Waals surface area (Å²) in [5, 5.41) is 8.54. The molecule has 1 aliphatic rings. The highest BCUT2D eigenvalue weighted by Gasteiger charge is 2.35. The lowest BCUT2D eigenvalue weighted by atomic mass is 9.94. The number of esters is 1. The number of carbonyl (C=O) groups excluding carboxylic acids is 3. The molecule has 0 spiro atoms. The van der Waals surface area contributed by atoms with Crippen molar-refractivity contribution in [1.82, 2.24) is 10.2 Å². The third-order valence-electron chi connectivity index (χ3n) is 5.44. The number of para-hydroxylation sites is 1. The van der Waals surface area contributed by atoms with Crippen LogP contribution in [0.2, 0.25) is 0 Å². The number of nitrogens with zero attached hydrogens (tertiary/aromatic N) is 1. The minimum absolute atomic E-state index is 0.302. The van der Waals surface area contributed by atoms with Crippen LogP contribution in [0.4, 0.5) is 21.0 Å². The summed E-state index contributed by atoms with van der Waals surface area (Å²) in [4.78, 5) is 39.3. The Morgan fingerprint density at radius 3 is 2.55 bits per heavy atom. The summed E-state index contributed by atoms with van der Waals surface area (Å²) >= 11 is 0. The summed E-state index contributed by atoms with van der Waals surface area (Å²) in [5.41, 5.74) is 3.82. The van der Waals surface area contributed by atoms with E-state index in [1.54, 1.807) is 52.1 Å². The van der Waals surface area contributed by atoms with Crippen LogP contribution in [0.25, 0.3) is 0 Å². The Labute approximate surface area is 194 Å². The van der Waals surface area contributed by atoms with Gasteiger partial charge in [0.05, 0.1) is 17.7 Å². The van der Waals surface area contributed by atoms with E-state index >= 15 is 0 Å². The van der Waals surface area contributed by atoms with Gasteiger partial charge in [0, 0.05) is 24.1 Å². The molecule has 33 heavy (non-hydrogen) atoms. The zero-order valence-corrected chi connectivity index (χ0v) is 19.6. The lowest BCUT2D eigenvalue weighted by Gasteiger charge is -2.33. The van der Waals surface area contributed by atoms with Crippen LogP contribution in [0.1, 0.15) is 44.9 Å². The van der Waals surface area contributed by atoms with Gasteiger partial charge in [0.2, 0.25) is 0 Å². The Morgan fingerprint density at radius 1 is 1.12 bits per heavy atom. The van der Waals surface area contributed by atoms with Gasteiger partial charge in [-0.15, -0.1) is 0 Å². The maximum Gasteiger partial charge on any atom is 0.338 e. The van der Waals surface area contributed by atoms with Crippen molar-refractivity contribution < 1.29 is 19.1 Å². The van der Waals surface area contributed by atoms with Crippen molar-refractivity contribution in [3.8, 4) is 0 Å². The fourth-order valence-electron chi connectivity index (χ4n) is 3.66. The van der Waals surface area contributed by atoms with E-state index in [0.29, 0.717) is 22.5 Å². The Balaban J connectivity index is 1.85. The number of nitrogens with one attached hydrogen (secondary N) is 3. The van der Waals surface area contributed by atoms with Gasteiger partial charge >= 0.3 is 18.0 Å². The number of hydrogen-bond donors (Lipinski definition) is 3. The number of benzene rings is 2. The van der Waals surface area contributed by atoms with Crippen molar-refractivity contribution in [3.05, 3.63) is 70.9 Å². The van der Waals surface area contributed by atoms with Crippen LogP contribution in [0.15, 0.2) is 59.8 Å².